The van der Waals surface area contributed by atoms with E-state index in [9.17, 15) is 14.4 Å². The first-order chi connectivity index (χ1) is 12.1. The molecule has 7 heteroatoms. The molecular weight excluding hydrogens is 350 g/mol. The lowest BCUT2D eigenvalue weighted by Gasteiger charge is -2.43. The molecule has 3 heterocycles. The SMILES string of the molecule is Cc1cc2c3c(c1)[C@H](C)CC(C)(C)N3C(=O)C2=C1C(=O)NC(=S)NC1=O. The Kier molecular flexibility index (Phi) is 3.40. The molecule has 0 aromatic heterocycles. The zero-order chi connectivity index (χ0) is 19.0. The minimum Gasteiger partial charge on any atom is -0.302 e. The minimum absolute atomic E-state index is 0.0462. The molecule has 1 atom stereocenters. The highest BCUT2D eigenvalue weighted by atomic mass is 32.1. The van der Waals surface area contributed by atoms with E-state index < -0.39 is 17.4 Å². The van der Waals surface area contributed by atoms with E-state index in [2.05, 4.69) is 23.6 Å². The molecule has 1 aromatic rings. The van der Waals surface area contributed by atoms with Crippen LogP contribution in [0, 0.1) is 6.92 Å². The lowest BCUT2D eigenvalue weighted by Crippen LogP contribution is -2.53. The quantitative estimate of drug-likeness (QED) is 0.416. The topological polar surface area (TPSA) is 78.5 Å². The summed E-state index contributed by atoms with van der Waals surface area (Å²) in [4.78, 5) is 40.1. The molecule has 6 nitrogen and oxygen atoms in total. The van der Waals surface area contributed by atoms with Crippen molar-refractivity contribution < 1.29 is 14.4 Å². The number of hydrogen-bond acceptors (Lipinski definition) is 4. The van der Waals surface area contributed by atoms with Gasteiger partial charge in [-0.25, -0.2) is 0 Å². The number of anilines is 1. The Hall–Kier alpha value is -2.54. The van der Waals surface area contributed by atoms with Crippen LogP contribution in [0.4, 0.5) is 5.69 Å². The highest BCUT2D eigenvalue weighted by molar-refractivity contribution is 7.80. The first-order valence-corrected chi connectivity index (χ1v) is 8.93. The summed E-state index contributed by atoms with van der Waals surface area (Å²) < 4.78 is 0. The molecule has 4 rings (SSSR count). The number of nitrogens with one attached hydrogen (secondary N) is 2. The number of carbonyl (C=O) groups is 3. The molecule has 0 unspecified atom stereocenters. The Morgan fingerprint density at radius 1 is 1.12 bits per heavy atom. The van der Waals surface area contributed by atoms with Gasteiger partial charge >= 0.3 is 0 Å². The fourth-order valence-corrected chi connectivity index (χ4v) is 4.60. The van der Waals surface area contributed by atoms with Gasteiger partial charge in [0.2, 0.25) is 0 Å². The van der Waals surface area contributed by atoms with Crippen molar-refractivity contribution in [2.45, 2.75) is 45.6 Å². The van der Waals surface area contributed by atoms with Crippen LogP contribution >= 0.6 is 12.2 Å². The third-order valence-corrected chi connectivity index (χ3v) is 5.50. The Balaban J connectivity index is 2.06. The molecule has 134 valence electrons. The van der Waals surface area contributed by atoms with E-state index in [1.54, 1.807) is 4.90 Å². The van der Waals surface area contributed by atoms with Crippen molar-refractivity contribution in [2.24, 2.45) is 0 Å². The summed E-state index contributed by atoms with van der Waals surface area (Å²) >= 11 is 4.86. The van der Waals surface area contributed by atoms with Crippen molar-refractivity contribution in [3.05, 3.63) is 34.4 Å². The van der Waals surface area contributed by atoms with E-state index in [0.29, 0.717) is 5.56 Å². The van der Waals surface area contributed by atoms with Gasteiger partial charge < -0.3 is 4.90 Å². The first kappa shape index (κ1) is 16.9. The maximum atomic E-state index is 13.4. The van der Waals surface area contributed by atoms with Crippen LogP contribution in [0.5, 0.6) is 0 Å². The number of hydrogen-bond donors (Lipinski definition) is 2. The van der Waals surface area contributed by atoms with Gasteiger partial charge in [0.1, 0.15) is 5.57 Å². The zero-order valence-corrected chi connectivity index (χ0v) is 15.8. The second-order valence-corrected chi connectivity index (χ2v) is 8.20. The zero-order valence-electron chi connectivity index (χ0n) is 15.0. The van der Waals surface area contributed by atoms with E-state index in [-0.39, 0.29) is 28.1 Å². The van der Waals surface area contributed by atoms with Crippen molar-refractivity contribution in [2.75, 3.05) is 4.90 Å². The summed E-state index contributed by atoms with van der Waals surface area (Å²) in [7, 11) is 0. The van der Waals surface area contributed by atoms with Crippen molar-refractivity contribution in [3.8, 4) is 0 Å². The molecule has 1 fully saturated rings. The minimum atomic E-state index is -0.636. The number of nitrogens with zero attached hydrogens (tertiary/aromatic N) is 1. The van der Waals surface area contributed by atoms with Crippen LogP contribution < -0.4 is 15.5 Å². The van der Waals surface area contributed by atoms with Crippen molar-refractivity contribution in [3.63, 3.8) is 0 Å². The normalized spacial score (nSPS) is 23.8. The Bertz CT molecular complexity index is 939. The smallest absolute Gasteiger partial charge is 0.263 e. The summed E-state index contributed by atoms with van der Waals surface area (Å²) in [5.74, 6) is -1.31. The molecule has 1 aromatic carbocycles. The Morgan fingerprint density at radius 2 is 1.73 bits per heavy atom. The third kappa shape index (κ3) is 2.16. The number of carbonyl (C=O) groups excluding carboxylic acids is 3. The summed E-state index contributed by atoms with van der Waals surface area (Å²) in [6, 6.07) is 3.96. The van der Waals surface area contributed by atoms with E-state index in [1.165, 1.54) is 0 Å². The van der Waals surface area contributed by atoms with Gasteiger partial charge in [-0.05, 0) is 57.0 Å². The monoisotopic (exact) mass is 369 g/mol. The van der Waals surface area contributed by atoms with Gasteiger partial charge in [-0.1, -0.05) is 18.6 Å². The predicted molar refractivity (Wildman–Crippen MR) is 102 cm³/mol. The van der Waals surface area contributed by atoms with Crippen LogP contribution in [0.25, 0.3) is 5.57 Å². The second-order valence-electron chi connectivity index (χ2n) is 7.80. The van der Waals surface area contributed by atoms with Gasteiger partial charge in [0.05, 0.1) is 11.3 Å². The van der Waals surface area contributed by atoms with Crippen molar-refractivity contribution in [1.29, 1.82) is 0 Å². The number of amides is 3. The molecule has 0 saturated carbocycles. The van der Waals surface area contributed by atoms with Crippen LogP contribution in [-0.4, -0.2) is 28.4 Å². The summed E-state index contributed by atoms with van der Waals surface area (Å²) in [6.45, 7) is 8.12. The van der Waals surface area contributed by atoms with E-state index in [1.807, 2.05) is 26.8 Å². The Labute approximate surface area is 156 Å². The van der Waals surface area contributed by atoms with Crippen LogP contribution in [-0.2, 0) is 14.4 Å². The fourth-order valence-electron chi connectivity index (χ4n) is 4.41. The van der Waals surface area contributed by atoms with Crippen molar-refractivity contribution >= 4 is 46.3 Å². The highest BCUT2D eigenvalue weighted by Gasteiger charge is 2.49. The largest absolute Gasteiger partial charge is 0.302 e. The Morgan fingerprint density at radius 3 is 2.35 bits per heavy atom. The molecule has 0 spiro atoms. The number of aryl methyl sites for hydroxylation is 1. The molecule has 1 saturated heterocycles. The molecule has 3 aliphatic rings. The van der Waals surface area contributed by atoms with Gasteiger partial charge in [0.15, 0.2) is 5.11 Å². The van der Waals surface area contributed by atoms with Gasteiger partial charge in [0.25, 0.3) is 17.7 Å². The van der Waals surface area contributed by atoms with Gasteiger partial charge in [-0.2, -0.15) is 0 Å². The van der Waals surface area contributed by atoms with Crippen LogP contribution in [0.3, 0.4) is 0 Å². The molecular formula is C19H19N3O3S. The van der Waals surface area contributed by atoms with Gasteiger partial charge in [-0.3, -0.25) is 25.0 Å². The maximum absolute atomic E-state index is 13.4. The van der Waals surface area contributed by atoms with E-state index in [4.69, 9.17) is 12.2 Å². The molecule has 3 amide bonds. The average molecular weight is 369 g/mol. The maximum Gasteiger partial charge on any atom is 0.263 e. The fraction of sp³-hybridized carbons (Fsp3) is 0.368. The lowest BCUT2D eigenvalue weighted by atomic mass is 9.80. The van der Waals surface area contributed by atoms with E-state index in [0.717, 1.165) is 23.2 Å². The molecule has 0 bridgehead atoms. The van der Waals surface area contributed by atoms with Gasteiger partial charge in [0, 0.05) is 11.1 Å². The second kappa shape index (κ2) is 5.23. The first-order valence-electron chi connectivity index (χ1n) is 8.52. The number of thiocarbonyl (C=S) groups is 1. The summed E-state index contributed by atoms with van der Waals surface area (Å²) in [5, 5.41) is 4.81. The highest BCUT2D eigenvalue weighted by Crippen LogP contribution is 2.52. The van der Waals surface area contributed by atoms with E-state index >= 15 is 0 Å². The third-order valence-electron chi connectivity index (χ3n) is 5.29. The summed E-state index contributed by atoms with van der Waals surface area (Å²) in [5.41, 5.74) is 3.12. The van der Waals surface area contributed by atoms with Crippen molar-refractivity contribution in [1.82, 2.24) is 10.6 Å². The standard InChI is InChI=1S/C19H19N3O3S/c1-8-5-10-9(2)7-19(3,4)22-14(10)11(6-8)12(17(22)25)13-15(23)20-18(26)21-16(13)24/h5-6,9H,7H2,1-4H3,(H2,20,21,23,24,26)/t9-/m1/s1. The molecule has 3 aliphatic heterocycles. The number of rotatable bonds is 0. The van der Waals surface area contributed by atoms with Crippen LogP contribution in [0.1, 0.15) is 49.8 Å². The lowest BCUT2D eigenvalue weighted by molar-refractivity contribution is -0.124. The predicted octanol–water partition coefficient (Wildman–Crippen LogP) is 1.91. The molecule has 0 aliphatic carbocycles. The van der Waals surface area contributed by atoms with Crippen LogP contribution in [0.2, 0.25) is 0 Å². The summed E-state index contributed by atoms with van der Waals surface area (Å²) in [6.07, 6.45) is 0.805. The number of benzene rings is 1. The average Bonchev–Trinajstić information content (AvgIpc) is 2.78. The molecule has 2 N–H and O–H groups in total. The molecule has 26 heavy (non-hydrogen) atoms. The molecule has 0 radical (unpaired) electrons. The van der Waals surface area contributed by atoms with Gasteiger partial charge in [-0.15, -0.1) is 0 Å². The van der Waals surface area contributed by atoms with Crippen LogP contribution in [0.15, 0.2) is 17.7 Å².